The lowest BCUT2D eigenvalue weighted by Crippen LogP contribution is -2.39. The molecule has 0 radical (unpaired) electrons. The molecule has 0 bridgehead atoms. The van der Waals surface area contributed by atoms with Gasteiger partial charge < -0.3 is 14.9 Å². The van der Waals surface area contributed by atoms with Crippen LogP contribution in [0.3, 0.4) is 0 Å². The molecule has 1 heterocycles. The first-order chi connectivity index (χ1) is 9.43. The number of carbonyl (C=O) groups excluding carboxylic acids is 1. The van der Waals surface area contributed by atoms with Gasteiger partial charge in [0.15, 0.2) is 5.82 Å². The van der Waals surface area contributed by atoms with Gasteiger partial charge in [-0.15, -0.1) is 0 Å². The molecule has 0 aliphatic heterocycles. The number of aryl methyl sites for hydroxylation is 1. The van der Waals surface area contributed by atoms with Gasteiger partial charge in [0.25, 0.3) is 0 Å². The third-order valence-corrected chi connectivity index (χ3v) is 3.16. The van der Waals surface area contributed by atoms with Crippen LogP contribution in [0.5, 0.6) is 0 Å². The quantitative estimate of drug-likeness (QED) is 0.757. The molecule has 1 unspecified atom stereocenters. The molecule has 6 heteroatoms. The summed E-state index contributed by atoms with van der Waals surface area (Å²) in [5.41, 5.74) is 0. The molecule has 1 rings (SSSR count). The molecule has 0 saturated carbocycles. The lowest BCUT2D eigenvalue weighted by molar-refractivity contribution is -0.122. The van der Waals surface area contributed by atoms with Crippen molar-refractivity contribution < 1.29 is 14.4 Å². The summed E-state index contributed by atoms with van der Waals surface area (Å²) >= 11 is 0. The minimum absolute atomic E-state index is 0.00131. The molecule has 1 amide bonds. The number of hydrogen-bond acceptors (Lipinski definition) is 5. The SMILES string of the molecule is CC(C)c1noc(CCC(=O)NC(CCO)C(C)C)n1. The van der Waals surface area contributed by atoms with Crippen LogP contribution in [0.15, 0.2) is 4.52 Å². The second kappa shape index (κ2) is 7.99. The van der Waals surface area contributed by atoms with Crippen LogP contribution in [0, 0.1) is 5.92 Å². The van der Waals surface area contributed by atoms with Crippen molar-refractivity contribution in [1.82, 2.24) is 15.5 Å². The topological polar surface area (TPSA) is 88.2 Å². The van der Waals surface area contributed by atoms with Gasteiger partial charge in [0.2, 0.25) is 11.8 Å². The summed E-state index contributed by atoms with van der Waals surface area (Å²) in [6, 6.07) is 0.00131. The molecule has 6 nitrogen and oxygen atoms in total. The van der Waals surface area contributed by atoms with E-state index in [2.05, 4.69) is 15.5 Å². The van der Waals surface area contributed by atoms with Gasteiger partial charge in [-0.3, -0.25) is 4.79 Å². The molecule has 0 aliphatic carbocycles. The highest BCUT2D eigenvalue weighted by molar-refractivity contribution is 5.76. The Kier molecular flexibility index (Phi) is 6.64. The van der Waals surface area contributed by atoms with Crippen LogP contribution in [-0.2, 0) is 11.2 Å². The molecule has 1 atom stereocenters. The fourth-order valence-corrected chi connectivity index (χ4v) is 1.81. The van der Waals surface area contributed by atoms with Crippen LogP contribution in [0.2, 0.25) is 0 Å². The van der Waals surface area contributed by atoms with Crippen LogP contribution in [0.1, 0.15) is 58.2 Å². The van der Waals surface area contributed by atoms with Crippen molar-refractivity contribution in [2.75, 3.05) is 6.61 Å². The number of aliphatic hydroxyl groups excluding tert-OH is 1. The van der Waals surface area contributed by atoms with E-state index in [4.69, 9.17) is 9.63 Å². The van der Waals surface area contributed by atoms with E-state index in [1.807, 2.05) is 27.7 Å². The smallest absolute Gasteiger partial charge is 0.227 e. The molecule has 0 fully saturated rings. The summed E-state index contributed by atoms with van der Waals surface area (Å²) in [6.07, 6.45) is 1.32. The van der Waals surface area contributed by atoms with E-state index in [0.29, 0.717) is 36.9 Å². The van der Waals surface area contributed by atoms with E-state index < -0.39 is 0 Å². The maximum atomic E-state index is 11.9. The molecule has 1 aromatic heterocycles. The van der Waals surface area contributed by atoms with Gasteiger partial charge in [-0.1, -0.05) is 32.9 Å². The Morgan fingerprint density at radius 2 is 2.05 bits per heavy atom. The average Bonchev–Trinajstić information content (AvgIpc) is 2.84. The number of carbonyl (C=O) groups is 1. The Labute approximate surface area is 120 Å². The van der Waals surface area contributed by atoms with Gasteiger partial charge >= 0.3 is 0 Å². The number of nitrogens with zero attached hydrogens (tertiary/aromatic N) is 2. The molecule has 0 spiro atoms. The van der Waals surface area contributed by atoms with Gasteiger partial charge in [0.05, 0.1) is 0 Å². The third kappa shape index (κ3) is 5.28. The van der Waals surface area contributed by atoms with E-state index in [-0.39, 0.29) is 24.5 Å². The summed E-state index contributed by atoms with van der Waals surface area (Å²) in [7, 11) is 0. The zero-order chi connectivity index (χ0) is 15.1. The predicted molar refractivity (Wildman–Crippen MR) is 75.2 cm³/mol. The molecule has 0 aliphatic rings. The number of hydrogen-bond donors (Lipinski definition) is 2. The largest absolute Gasteiger partial charge is 0.396 e. The second-order valence-electron chi connectivity index (χ2n) is 5.63. The van der Waals surface area contributed by atoms with Crippen LogP contribution in [-0.4, -0.2) is 33.8 Å². The van der Waals surface area contributed by atoms with E-state index in [1.165, 1.54) is 0 Å². The number of nitrogens with one attached hydrogen (secondary N) is 1. The lowest BCUT2D eigenvalue weighted by atomic mass is 10.0. The average molecular weight is 283 g/mol. The zero-order valence-corrected chi connectivity index (χ0v) is 12.7. The summed E-state index contributed by atoms with van der Waals surface area (Å²) in [6.45, 7) is 8.10. The van der Waals surface area contributed by atoms with Crippen LogP contribution < -0.4 is 5.32 Å². The van der Waals surface area contributed by atoms with Crippen LogP contribution in [0.4, 0.5) is 0 Å². The number of aromatic nitrogens is 2. The normalized spacial score (nSPS) is 12.9. The highest BCUT2D eigenvalue weighted by Crippen LogP contribution is 2.11. The Bertz CT molecular complexity index is 416. The van der Waals surface area contributed by atoms with Crippen molar-refractivity contribution in [3.63, 3.8) is 0 Å². The third-order valence-electron chi connectivity index (χ3n) is 3.16. The lowest BCUT2D eigenvalue weighted by Gasteiger charge is -2.21. The highest BCUT2D eigenvalue weighted by Gasteiger charge is 2.16. The summed E-state index contributed by atoms with van der Waals surface area (Å²) in [4.78, 5) is 16.1. The number of aliphatic hydroxyl groups is 1. The summed E-state index contributed by atoms with van der Waals surface area (Å²) < 4.78 is 5.10. The minimum Gasteiger partial charge on any atom is -0.396 e. The monoisotopic (exact) mass is 283 g/mol. The van der Waals surface area contributed by atoms with Gasteiger partial charge in [-0.05, 0) is 12.3 Å². The summed E-state index contributed by atoms with van der Waals surface area (Å²) in [5, 5.41) is 15.8. The Hall–Kier alpha value is -1.43. The zero-order valence-electron chi connectivity index (χ0n) is 12.7. The second-order valence-corrected chi connectivity index (χ2v) is 5.63. The fraction of sp³-hybridized carbons (Fsp3) is 0.786. The van der Waals surface area contributed by atoms with Gasteiger partial charge in [0.1, 0.15) is 0 Å². The fourth-order valence-electron chi connectivity index (χ4n) is 1.81. The van der Waals surface area contributed by atoms with Crippen molar-refractivity contribution in [1.29, 1.82) is 0 Å². The van der Waals surface area contributed by atoms with Crippen molar-refractivity contribution in [2.45, 2.75) is 58.9 Å². The van der Waals surface area contributed by atoms with Crippen molar-refractivity contribution in [3.8, 4) is 0 Å². The van der Waals surface area contributed by atoms with Crippen molar-refractivity contribution in [2.24, 2.45) is 5.92 Å². The summed E-state index contributed by atoms with van der Waals surface area (Å²) in [5.74, 6) is 1.62. The molecule has 0 aromatic carbocycles. The minimum atomic E-state index is -0.0542. The van der Waals surface area contributed by atoms with Gasteiger partial charge in [-0.2, -0.15) is 4.98 Å². The van der Waals surface area contributed by atoms with E-state index in [0.717, 1.165) is 0 Å². The molecular weight excluding hydrogens is 258 g/mol. The first-order valence-electron chi connectivity index (χ1n) is 7.16. The van der Waals surface area contributed by atoms with Gasteiger partial charge in [0, 0.05) is 31.4 Å². The Morgan fingerprint density at radius 3 is 2.55 bits per heavy atom. The molecule has 20 heavy (non-hydrogen) atoms. The van der Waals surface area contributed by atoms with E-state index in [9.17, 15) is 4.79 Å². The number of amides is 1. The van der Waals surface area contributed by atoms with Gasteiger partial charge in [-0.25, -0.2) is 0 Å². The van der Waals surface area contributed by atoms with E-state index in [1.54, 1.807) is 0 Å². The Balaban J connectivity index is 2.41. The highest BCUT2D eigenvalue weighted by atomic mass is 16.5. The van der Waals surface area contributed by atoms with Crippen molar-refractivity contribution >= 4 is 5.91 Å². The van der Waals surface area contributed by atoms with E-state index >= 15 is 0 Å². The maximum absolute atomic E-state index is 11.9. The predicted octanol–water partition coefficient (Wildman–Crippen LogP) is 1.65. The molecule has 1 aromatic rings. The van der Waals surface area contributed by atoms with Crippen LogP contribution >= 0.6 is 0 Å². The first kappa shape index (κ1) is 16.6. The van der Waals surface area contributed by atoms with Crippen LogP contribution in [0.25, 0.3) is 0 Å². The molecule has 2 N–H and O–H groups in total. The standard InChI is InChI=1S/C14H25N3O3/c1-9(2)11(7-8-18)15-12(19)5-6-13-16-14(10(3)4)17-20-13/h9-11,18H,5-8H2,1-4H3,(H,15,19). The molecule has 0 saturated heterocycles. The first-order valence-corrected chi connectivity index (χ1v) is 7.16. The number of rotatable bonds is 8. The molecular formula is C14H25N3O3. The molecule has 114 valence electrons. The Morgan fingerprint density at radius 1 is 1.35 bits per heavy atom. The van der Waals surface area contributed by atoms with Crippen molar-refractivity contribution in [3.05, 3.63) is 11.7 Å². The maximum Gasteiger partial charge on any atom is 0.227 e.